The quantitative estimate of drug-likeness (QED) is 0.779. The van der Waals surface area contributed by atoms with Crippen LogP contribution in [0.15, 0.2) is 12.3 Å². The van der Waals surface area contributed by atoms with Crippen LogP contribution in [0.25, 0.3) is 0 Å². The maximum absolute atomic E-state index is 12.3. The molecule has 0 N–H and O–H groups in total. The maximum atomic E-state index is 12.3. The number of rotatable bonds is 2. The molecule has 0 aromatic carbocycles. The van der Waals surface area contributed by atoms with E-state index in [0.717, 1.165) is 13.1 Å². The SMILES string of the molecule is O=C(c1ccnc(N2CCCC2)n1)N1CCOCC1. The van der Waals surface area contributed by atoms with Gasteiger partial charge in [-0.15, -0.1) is 0 Å². The summed E-state index contributed by atoms with van der Waals surface area (Å²) in [5.41, 5.74) is 0.485. The molecule has 0 bridgehead atoms. The lowest BCUT2D eigenvalue weighted by Crippen LogP contribution is -2.41. The molecule has 0 atom stereocenters. The van der Waals surface area contributed by atoms with Gasteiger partial charge in [0.1, 0.15) is 5.69 Å². The first-order chi connectivity index (χ1) is 9.34. The Morgan fingerprint density at radius 1 is 1.16 bits per heavy atom. The molecule has 2 fully saturated rings. The number of ether oxygens (including phenoxy) is 1. The number of nitrogens with zero attached hydrogens (tertiary/aromatic N) is 4. The Hall–Kier alpha value is -1.69. The molecule has 0 aliphatic carbocycles. The second kappa shape index (κ2) is 5.52. The summed E-state index contributed by atoms with van der Waals surface area (Å²) in [5.74, 6) is 0.655. The van der Waals surface area contributed by atoms with Gasteiger partial charge < -0.3 is 14.5 Å². The van der Waals surface area contributed by atoms with E-state index in [1.165, 1.54) is 12.8 Å². The molecule has 3 rings (SSSR count). The molecule has 0 radical (unpaired) electrons. The summed E-state index contributed by atoms with van der Waals surface area (Å²) in [6.45, 7) is 4.46. The van der Waals surface area contributed by atoms with E-state index in [1.54, 1.807) is 17.2 Å². The molecule has 2 aliphatic heterocycles. The van der Waals surface area contributed by atoms with Gasteiger partial charge in [0.2, 0.25) is 5.95 Å². The van der Waals surface area contributed by atoms with Crippen molar-refractivity contribution in [2.45, 2.75) is 12.8 Å². The maximum Gasteiger partial charge on any atom is 0.272 e. The fourth-order valence-electron chi connectivity index (χ4n) is 2.47. The number of anilines is 1. The average molecular weight is 262 g/mol. The molecule has 1 amide bonds. The molecule has 2 saturated heterocycles. The van der Waals surface area contributed by atoms with Crippen molar-refractivity contribution in [3.8, 4) is 0 Å². The van der Waals surface area contributed by atoms with E-state index < -0.39 is 0 Å². The van der Waals surface area contributed by atoms with Crippen LogP contribution in [0.3, 0.4) is 0 Å². The van der Waals surface area contributed by atoms with Crippen LogP contribution in [-0.4, -0.2) is 60.2 Å². The standard InChI is InChI=1S/C13H18N4O2/c18-12(16-7-9-19-10-8-16)11-3-4-14-13(15-11)17-5-1-2-6-17/h3-4H,1-2,5-10H2. The van der Waals surface area contributed by atoms with Gasteiger partial charge in [-0.1, -0.05) is 0 Å². The minimum absolute atomic E-state index is 0.0221. The van der Waals surface area contributed by atoms with Crippen LogP contribution in [-0.2, 0) is 4.74 Å². The van der Waals surface area contributed by atoms with E-state index in [0.29, 0.717) is 37.9 Å². The Morgan fingerprint density at radius 2 is 1.89 bits per heavy atom. The van der Waals surface area contributed by atoms with Gasteiger partial charge in [0.15, 0.2) is 0 Å². The van der Waals surface area contributed by atoms with E-state index in [2.05, 4.69) is 14.9 Å². The highest BCUT2D eigenvalue weighted by Gasteiger charge is 2.21. The zero-order valence-corrected chi connectivity index (χ0v) is 10.9. The third kappa shape index (κ3) is 2.68. The minimum atomic E-state index is -0.0221. The molecule has 1 aromatic heterocycles. The molecule has 0 spiro atoms. The number of carbonyl (C=O) groups excluding carboxylic acids is 1. The van der Waals surface area contributed by atoms with Crippen molar-refractivity contribution in [2.24, 2.45) is 0 Å². The van der Waals surface area contributed by atoms with E-state index in [-0.39, 0.29) is 5.91 Å². The molecule has 6 heteroatoms. The number of amides is 1. The van der Waals surface area contributed by atoms with Gasteiger partial charge in [0.25, 0.3) is 5.91 Å². The molecular weight excluding hydrogens is 244 g/mol. The first-order valence-corrected chi connectivity index (χ1v) is 6.79. The van der Waals surface area contributed by atoms with E-state index >= 15 is 0 Å². The smallest absolute Gasteiger partial charge is 0.272 e. The molecule has 1 aromatic rings. The fourth-order valence-corrected chi connectivity index (χ4v) is 2.47. The molecule has 102 valence electrons. The lowest BCUT2D eigenvalue weighted by Gasteiger charge is -2.26. The summed E-state index contributed by atoms with van der Waals surface area (Å²) in [7, 11) is 0. The number of hydrogen-bond donors (Lipinski definition) is 0. The van der Waals surface area contributed by atoms with Crippen molar-refractivity contribution in [2.75, 3.05) is 44.3 Å². The van der Waals surface area contributed by atoms with Crippen molar-refractivity contribution in [1.82, 2.24) is 14.9 Å². The normalized spacial score (nSPS) is 19.8. The summed E-state index contributed by atoms with van der Waals surface area (Å²) in [4.78, 5) is 24.9. The number of morpholine rings is 1. The Labute approximate surface area is 112 Å². The van der Waals surface area contributed by atoms with Gasteiger partial charge in [-0.05, 0) is 18.9 Å². The van der Waals surface area contributed by atoms with Gasteiger partial charge in [0, 0.05) is 32.4 Å². The highest BCUT2D eigenvalue weighted by molar-refractivity contribution is 5.92. The highest BCUT2D eigenvalue weighted by atomic mass is 16.5. The third-order valence-corrected chi connectivity index (χ3v) is 3.55. The lowest BCUT2D eigenvalue weighted by molar-refractivity contribution is 0.0299. The summed E-state index contributed by atoms with van der Waals surface area (Å²) >= 11 is 0. The van der Waals surface area contributed by atoms with Crippen LogP contribution < -0.4 is 4.90 Å². The summed E-state index contributed by atoms with van der Waals surface area (Å²) in [5, 5.41) is 0. The van der Waals surface area contributed by atoms with Crippen LogP contribution >= 0.6 is 0 Å². The van der Waals surface area contributed by atoms with Gasteiger partial charge in [0.05, 0.1) is 13.2 Å². The second-order valence-electron chi connectivity index (χ2n) is 4.84. The van der Waals surface area contributed by atoms with Crippen LogP contribution in [0.1, 0.15) is 23.3 Å². The van der Waals surface area contributed by atoms with Gasteiger partial charge >= 0.3 is 0 Å². The second-order valence-corrected chi connectivity index (χ2v) is 4.84. The molecule has 6 nitrogen and oxygen atoms in total. The predicted molar refractivity (Wildman–Crippen MR) is 70.2 cm³/mol. The van der Waals surface area contributed by atoms with Crippen molar-refractivity contribution < 1.29 is 9.53 Å². The van der Waals surface area contributed by atoms with E-state index in [4.69, 9.17) is 4.74 Å². The number of hydrogen-bond acceptors (Lipinski definition) is 5. The predicted octanol–water partition coefficient (Wildman–Crippen LogP) is 0.549. The molecule has 19 heavy (non-hydrogen) atoms. The van der Waals surface area contributed by atoms with Crippen LogP contribution in [0, 0.1) is 0 Å². The molecule has 0 saturated carbocycles. The minimum Gasteiger partial charge on any atom is -0.378 e. The summed E-state index contributed by atoms with van der Waals surface area (Å²) < 4.78 is 5.26. The van der Waals surface area contributed by atoms with Crippen LogP contribution in [0.2, 0.25) is 0 Å². The monoisotopic (exact) mass is 262 g/mol. The Bertz CT molecular complexity index is 454. The third-order valence-electron chi connectivity index (χ3n) is 3.55. The van der Waals surface area contributed by atoms with Crippen LogP contribution in [0.4, 0.5) is 5.95 Å². The molecule has 0 unspecified atom stereocenters. The van der Waals surface area contributed by atoms with Crippen molar-refractivity contribution >= 4 is 11.9 Å². The Kier molecular flexibility index (Phi) is 3.59. The summed E-state index contributed by atoms with van der Waals surface area (Å²) in [6.07, 6.45) is 4.02. The molecule has 3 heterocycles. The zero-order chi connectivity index (χ0) is 13.1. The van der Waals surface area contributed by atoms with Gasteiger partial charge in [-0.3, -0.25) is 4.79 Å². The van der Waals surface area contributed by atoms with Crippen molar-refractivity contribution in [3.05, 3.63) is 18.0 Å². The van der Waals surface area contributed by atoms with Crippen LogP contribution in [0.5, 0.6) is 0 Å². The molecular formula is C13H18N4O2. The first kappa shape index (κ1) is 12.3. The molecule has 2 aliphatic rings. The van der Waals surface area contributed by atoms with E-state index in [1.807, 2.05) is 0 Å². The Morgan fingerprint density at radius 3 is 2.63 bits per heavy atom. The van der Waals surface area contributed by atoms with Crippen molar-refractivity contribution in [3.63, 3.8) is 0 Å². The zero-order valence-electron chi connectivity index (χ0n) is 10.9. The summed E-state index contributed by atoms with van der Waals surface area (Å²) in [6, 6.07) is 1.69. The first-order valence-electron chi connectivity index (χ1n) is 6.79. The largest absolute Gasteiger partial charge is 0.378 e. The average Bonchev–Trinajstić information content (AvgIpc) is 3.02. The number of carbonyl (C=O) groups is 1. The number of aromatic nitrogens is 2. The topological polar surface area (TPSA) is 58.6 Å². The fraction of sp³-hybridized carbons (Fsp3) is 0.615. The van der Waals surface area contributed by atoms with Crippen molar-refractivity contribution in [1.29, 1.82) is 0 Å². The van der Waals surface area contributed by atoms with E-state index in [9.17, 15) is 4.79 Å². The van der Waals surface area contributed by atoms with Gasteiger partial charge in [-0.2, -0.15) is 0 Å². The lowest BCUT2D eigenvalue weighted by atomic mass is 10.3. The van der Waals surface area contributed by atoms with Gasteiger partial charge in [-0.25, -0.2) is 9.97 Å². The highest BCUT2D eigenvalue weighted by Crippen LogP contribution is 2.16. The Balaban J connectivity index is 1.76.